The zero-order valence-corrected chi connectivity index (χ0v) is 12.3. The van der Waals surface area contributed by atoms with Crippen LogP contribution in [0.2, 0.25) is 0 Å². The van der Waals surface area contributed by atoms with Crippen LogP contribution in [0, 0.1) is 6.92 Å². The molecule has 2 N–H and O–H groups in total. The molecule has 0 bridgehead atoms. The number of rotatable bonds is 6. The number of fused-ring (bicyclic) bond motifs is 1. The summed E-state index contributed by atoms with van der Waals surface area (Å²) in [5.74, 6) is 0.924. The first-order valence-corrected chi connectivity index (χ1v) is 7.00. The van der Waals surface area contributed by atoms with Crippen molar-refractivity contribution in [3.63, 3.8) is 0 Å². The summed E-state index contributed by atoms with van der Waals surface area (Å²) in [6.45, 7) is 7.58. The van der Waals surface area contributed by atoms with Gasteiger partial charge in [0.1, 0.15) is 5.75 Å². The van der Waals surface area contributed by atoms with Gasteiger partial charge in [0, 0.05) is 22.6 Å². The van der Waals surface area contributed by atoms with Crippen LogP contribution in [0.5, 0.6) is 5.75 Å². The third kappa shape index (κ3) is 3.29. The minimum absolute atomic E-state index is 0.559. The summed E-state index contributed by atoms with van der Waals surface area (Å²) in [7, 11) is 1.72. The summed E-state index contributed by atoms with van der Waals surface area (Å²) >= 11 is 0. The number of hydrogen-bond acceptors (Lipinski definition) is 2. The van der Waals surface area contributed by atoms with Crippen molar-refractivity contribution in [2.75, 3.05) is 13.7 Å². The standard InChI is InChI=1S/C16H24N2O/c1-11(2)17-9-5-6-14-12(3)18-16-8-7-13(19-4)10-15(14)16/h7-8,10-11,17-18H,5-6,9H2,1-4H3. The number of H-pyrrole nitrogens is 1. The van der Waals surface area contributed by atoms with E-state index in [1.165, 1.54) is 22.2 Å². The molecule has 0 aliphatic rings. The monoisotopic (exact) mass is 260 g/mol. The van der Waals surface area contributed by atoms with Crippen molar-refractivity contribution in [2.24, 2.45) is 0 Å². The highest BCUT2D eigenvalue weighted by molar-refractivity contribution is 5.86. The predicted molar refractivity (Wildman–Crippen MR) is 81.0 cm³/mol. The fourth-order valence-corrected chi connectivity index (χ4v) is 2.47. The molecular formula is C16H24N2O. The maximum atomic E-state index is 5.32. The van der Waals surface area contributed by atoms with E-state index in [4.69, 9.17) is 4.74 Å². The first-order valence-electron chi connectivity index (χ1n) is 7.00. The molecule has 0 amide bonds. The molecule has 104 valence electrons. The van der Waals surface area contributed by atoms with Crippen molar-refractivity contribution in [3.8, 4) is 5.75 Å². The summed E-state index contributed by atoms with van der Waals surface area (Å²) in [6, 6.07) is 6.79. The van der Waals surface area contributed by atoms with Crippen LogP contribution in [-0.4, -0.2) is 24.7 Å². The number of aromatic nitrogens is 1. The van der Waals surface area contributed by atoms with E-state index < -0.39 is 0 Å². The number of nitrogens with one attached hydrogen (secondary N) is 2. The molecule has 0 aliphatic carbocycles. The Balaban J connectivity index is 2.14. The summed E-state index contributed by atoms with van der Waals surface area (Å²) in [5.41, 5.74) is 3.89. The van der Waals surface area contributed by atoms with Crippen LogP contribution >= 0.6 is 0 Å². The van der Waals surface area contributed by atoms with Crippen LogP contribution in [0.1, 0.15) is 31.5 Å². The van der Waals surface area contributed by atoms with Gasteiger partial charge in [-0.2, -0.15) is 0 Å². The highest BCUT2D eigenvalue weighted by atomic mass is 16.5. The van der Waals surface area contributed by atoms with Gasteiger partial charge >= 0.3 is 0 Å². The van der Waals surface area contributed by atoms with E-state index in [-0.39, 0.29) is 0 Å². The molecule has 0 fully saturated rings. The normalized spacial score (nSPS) is 11.4. The van der Waals surface area contributed by atoms with Gasteiger partial charge in [-0.15, -0.1) is 0 Å². The number of benzene rings is 1. The maximum absolute atomic E-state index is 5.32. The highest BCUT2D eigenvalue weighted by Crippen LogP contribution is 2.27. The van der Waals surface area contributed by atoms with Gasteiger partial charge in [0.25, 0.3) is 0 Å². The van der Waals surface area contributed by atoms with Gasteiger partial charge in [-0.3, -0.25) is 0 Å². The van der Waals surface area contributed by atoms with Gasteiger partial charge in [-0.05, 0) is 50.1 Å². The lowest BCUT2D eigenvalue weighted by Crippen LogP contribution is -2.23. The molecule has 0 saturated heterocycles. The summed E-state index contributed by atoms with van der Waals surface area (Å²) in [6.07, 6.45) is 2.25. The van der Waals surface area contributed by atoms with Crippen molar-refractivity contribution < 1.29 is 4.74 Å². The van der Waals surface area contributed by atoms with E-state index >= 15 is 0 Å². The molecule has 2 aromatic rings. The Kier molecular flexibility index (Phi) is 4.48. The largest absolute Gasteiger partial charge is 0.497 e. The topological polar surface area (TPSA) is 37.0 Å². The van der Waals surface area contributed by atoms with Crippen LogP contribution in [-0.2, 0) is 6.42 Å². The predicted octanol–water partition coefficient (Wildman–Crippen LogP) is 3.42. The van der Waals surface area contributed by atoms with Crippen LogP contribution in [0.3, 0.4) is 0 Å². The van der Waals surface area contributed by atoms with Crippen molar-refractivity contribution >= 4 is 10.9 Å². The summed E-state index contributed by atoms with van der Waals surface area (Å²) in [4.78, 5) is 3.45. The van der Waals surface area contributed by atoms with Gasteiger partial charge < -0.3 is 15.0 Å². The highest BCUT2D eigenvalue weighted by Gasteiger charge is 2.09. The van der Waals surface area contributed by atoms with E-state index in [0.29, 0.717) is 6.04 Å². The van der Waals surface area contributed by atoms with E-state index in [0.717, 1.165) is 25.1 Å². The lowest BCUT2D eigenvalue weighted by molar-refractivity contribution is 0.415. The van der Waals surface area contributed by atoms with Crippen LogP contribution < -0.4 is 10.1 Å². The van der Waals surface area contributed by atoms with Gasteiger partial charge in [-0.25, -0.2) is 0 Å². The SMILES string of the molecule is COc1ccc2[nH]c(C)c(CCCNC(C)C)c2c1. The Morgan fingerprint density at radius 1 is 1.32 bits per heavy atom. The third-order valence-electron chi connectivity index (χ3n) is 3.48. The van der Waals surface area contributed by atoms with E-state index in [2.05, 4.69) is 43.2 Å². The Hall–Kier alpha value is -1.48. The smallest absolute Gasteiger partial charge is 0.119 e. The van der Waals surface area contributed by atoms with Crippen molar-refractivity contribution in [2.45, 2.75) is 39.7 Å². The molecule has 1 aromatic carbocycles. The van der Waals surface area contributed by atoms with Crippen LogP contribution in [0.4, 0.5) is 0 Å². The number of aryl methyl sites for hydroxylation is 2. The second kappa shape index (κ2) is 6.11. The second-order valence-electron chi connectivity index (χ2n) is 5.35. The van der Waals surface area contributed by atoms with Crippen LogP contribution in [0.15, 0.2) is 18.2 Å². The lowest BCUT2D eigenvalue weighted by Gasteiger charge is -2.08. The molecule has 1 aromatic heterocycles. The molecule has 19 heavy (non-hydrogen) atoms. The fraction of sp³-hybridized carbons (Fsp3) is 0.500. The first kappa shape index (κ1) is 13.9. The molecule has 0 aliphatic heterocycles. The minimum Gasteiger partial charge on any atom is -0.497 e. The molecular weight excluding hydrogens is 236 g/mol. The quantitative estimate of drug-likeness (QED) is 0.781. The molecule has 2 rings (SSSR count). The number of aromatic amines is 1. The Morgan fingerprint density at radius 2 is 2.11 bits per heavy atom. The van der Waals surface area contributed by atoms with Crippen molar-refractivity contribution in [1.82, 2.24) is 10.3 Å². The minimum atomic E-state index is 0.559. The Bertz CT molecular complexity index is 543. The summed E-state index contributed by atoms with van der Waals surface area (Å²) < 4.78 is 5.32. The zero-order chi connectivity index (χ0) is 13.8. The molecule has 3 heteroatoms. The zero-order valence-electron chi connectivity index (χ0n) is 12.3. The Morgan fingerprint density at radius 3 is 2.79 bits per heavy atom. The summed E-state index contributed by atoms with van der Waals surface area (Å²) in [5, 5.41) is 4.76. The lowest BCUT2D eigenvalue weighted by atomic mass is 10.1. The fourth-order valence-electron chi connectivity index (χ4n) is 2.47. The third-order valence-corrected chi connectivity index (χ3v) is 3.48. The molecule has 0 radical (unpaired) electrons. The van der Waals surface area contributed by atoms with Gasteiger partial charge in [0.2, 0.25) is 0 Å². The second-order valence-corrected chi connectivity index (χ2v) is 5.35. The Labute approximate surface area is 115 Å². The number of methoxy groups -OCH3 is 1. The molecule has 3 nitrogen and oxygen atoms in total. The van der Waals surface area contributed by atoms with Gasteiger partial charge in [0.15, 0.2) is 0 Å². The number of hydrogen-bond donors (Lipinski definition) is 2. The number of ether oxygens (including phenoxy) is 1. The van der Waals surface area contributed by atoms with E-state index in [9.17, 15) is 0 Å². The molecule has 0 unspecified atom stereocenters. The average molecular weight is 260 g/mol. The van der Waals surface area contributed by atoms with E-state index in [1.54, 1.807) is 7.11 Å². The molecule has 0 spiro atoms. The van der Waals surface area contributed by atoms with Gasteiger partial charge in [-0.1, -0.05) is 13.8 Å². The average Bonchev–Trinajstić information content (AvgIpc) is 2.69. The maximum Gasteiger partial charge on any atom is 0.119 e. The first-order chi connectivity index (χ1) is 9.11. The van der Waals surface area contributed by atoms with Crippen molar-refractivity contribution in [3.05, 3.63) is 29.5 Å². The molecule has 0 saturated carbocycles. The van der Waals surface area contributed by atoms with Crippen LogP contribution in [0.25, 0.3) is 10.9 Å². The van der Waals surface area contributed by atoms with E-state index in [1.807, 2.05) is 6.07 Å². The molecule has 0 atom stereocenters. The molecule has 1 heterocycles. The van der Waals surface area contributed by atoms with Crippen molar-refractivity contribution in [1.29, 1.82) is 0 Å². The van der Waals surface area contributed by atoms with Gasteiger partial charge in [0.05, 0.1) is 7.11 Å².